The van der Waals surface area contributed by atoms with Crippen molar-refractivity contribution in [2.45, 2.75) is 6.42 Å². The molecule has 5 nitrogen and oxygen atoms in total. The van der Waals surface area contributed by atoms with Gasteiger partial charge < -0.3 is 4.90 Å². The van der Waals surface area contributed by atoms with E-state index >= 15 is 0 Å². The minimum atomic E-state index is -3.50. The SMILES string of the molecule is O=C(Cc1cccc2ccccc12)N1CCN(S(=O)(=O)/C=C/c2ccccc2)CC1. The predicted octanol–water partition coefficient (Wildman–Crippen LogP) is 3.53. The van der Waals surface area contributed by atoms with Crippen LogP contribution in [0, 0.1) is 0 Å². The molecule has 1 fully saturated rings. The van der Waals surface area contributed by atoms with Crippen LogP contribution < -0.4 is 0 Å². The number of fused-ring (bicyclic) bond motifs is 1. The number of nitrogens with zero attached hydrogens (tertiary/aromatic N) is 2. The van der Waals surface area contributed by atoms with E-state index < -0.39 is 10.0 Å². The molecule has 0 spiro atoms. The highest BCUT2D eigenvalue weighted by atomic mass is 32.2. The van der Waals surface area contributed by atoms with E-state index in [1.165, 1.54) is 9.71 Å². The van der Waals surface area contributed by atoms with Crippen LogP contribution in [0.2, 0.25) is 0 Å². The van der Waals surface area contributed by atoms with Gasteiger partial charge in [-0.2, -0.15) is 4.31 Å². The highest BCUT2D eigenvalue weighted by Crippen LogP contribution is 2.20. The average Bonchev–Trinajstić information content (AvgIpc) is 2.79. The van der Waals surface area contributed by atoms with Crippen LogP contribution in [0.25, 0.3) is 16.8 Å². The van der Waals surface area contributed by atoms with E-state index in [9.17, 15) is 13.2 Å². The van der Waals surface area contributed by atoms with Crippen LogP contribution in [0.1, 0.15) is 11.1 Å². The number of carbonyl (C=O) groups is 1. The highest BCUT2D eigenvalue weighted by molar-refractivity contribution is 7.92. The van der Waals surface area contributed by atoms with Gasteiger partial charge in [0, 0.05) is 31.6 Å². The monoisotopic (exact) mass is 420 g/mol. The molecule has 1 aliphatic heterocycles. The molecule has 0 unspecified atom stereocenters. The quantitative estimate of drug-likeness (QED) is 0.635. The van der Waals surface area contributed by atoms with Gasteiger partial charge in [-0.3, -0.25) is 4.79 Å². The summed E-state index contributed by atoms with van der Waals surface area (Å²) in [5, 5.41) is 3.44. The maximum absolute atomic E-state index is 12.8. The molecule has 1 heterocycles. The first kappa shape index (κ1) is 20.3. The van der Waals surface area contributed by atoms with Crippen molar-refractivity contribution in [3.63, 3.8) is 0 Å². The fourth-order valence-electron chi connectivity index (χ4n) is 3.73. The Morgan fingerprint density at radius 2 is 1.50 bits per heavy atom. The summed E-state index contributed by atoms with van der Waals surface area (Å²) < 4.78 is 26.7. The van der Waals surface area contributed by atoms with Crippen LogP contribution in [-0.2, 0) is 21.2 Å². The Labute approximate surface area is 177 Å². The molecule has 0 atom stereocenters. The van der Waals surface area contributed by atoms with Crippen LogP contribution in [0.5, 0.6) is 0 Å². The standard InChI is InChI=1S/C24H24N2O3S/c27-24(19-22-11-6-10-21-9-4-5-12-23(21)22)25-14-16-26(17-15-25)30(28,29)18-13-20-7-2-1-3-8-20/h1-13,18H,14-17,19H2/b18-13+. The summed E-state index contributed by atoms with van der Waals surface area (Å²) in [4.78, 5) is 14.6. The zero-order valence-electron chi connectivity index (χ0n) is 16.6. The lowest BCUT2D eigenvalue weighted by Crippen LogP contribution is -2.50. The molecule has 0 radical (unpaired) electrons. The minimum Gasteiger partial charge on any atom is -0.340 e. The Bertz CT molecular complexity index is 1160. The number of sulfonamides is 1. The normalized spacial score (nSPS) is 15.7. The van der Waals surface area contributed by atoms with Gasteiger partial charge in [-0.05, 0) is 28.0 Å². The van der Waals surface area contributed by atoms with Crippen LogP contribution in [0.4, 0.5) is 0 Å². The van der Waals surface area contributed by atoms with Gasteiger partial charge in [0.2, 0.25) is 15.9 Å². The molecule has 1 aliphatic rings. The second kappa shape index (κ2) is 8.81. The molecule has 30 heavy (non-hydrogen) atoms. The van der Waals surface area contributed by atoms with Crippen molar-refractivity contribution in [3.05, 3.63) is 89.3 Å². The van der Waals surface area contributed by atoms with E-state index in [4.69, 9.17) is 0 Å². The zero-order chi connectivity index (χ0) is 21.0. The Balaban J connectivity index is 1.38. The van der Waals surface area contributed by atoms with Gasteiger partial charge in [0.15, 0.2) is 0 Å². The average molecular weight is 421 g/mol. The maximum atomic E-state index is 12.8. The van der Waals surface area contributed by atoms with E-state index in [0.29, 0.717) is 32.6 Å². The van der Waals surface area contributed by atoms with Gasteiger partial charge in [0.1, 0.15) is 0 Å². The number of rotatable bonds is 5. The number of hydrogen-bond acceptors (Lipinski definition) is 3. The molecule has 1 amide bonds. The molecule has 0 N–H and O–H groups in total. The van der Waals surface area contributed by atoms with Crippen LogP contribution in [-0.4, -0.2) is 49.7 Å². The first-order valence-electron chi connectivity index (χ1n) is 10.0. The molecule has 0 aromatic heterocycles. The van der Waals surface area contributed by atoms with Gasteiger partial charge in [-0.15, -0.1) is 0 Å². The van der Waals surface area contributed by atoms with E-state index in [1.54, 1.807) is 11.0 Å². The minimum absolute atomic E-state index is 0.0308. The van der Waals surface area contributed by atoms with Crippen molar-refractivity contribution >= 4 is 32.8 Å². The van der Waals surface area contributed by atoms with Gasteiger partial charge in [0.25, 0.3) is 0 Å². The van der Waals surface area contributed by atoms with Crippen LogP contribution in [0.3, 0.4) is 0 Å². The summed E-state index contributed by atoms with van der Waals surface area (Å²) in [5.74, 6) is 0.0308. The molecule has 3 aromatic rings. The number of amides is 1. The van der Waals surface area contributed by atoms with E-state index in [-0.39, 0.29) is 5.91 Å². The van der Waals surface area contributed by atoms with E-state index in [2.05, 4.69) is 0 Å². The fourth-order valence-corrected chi connectivity index (χ4v) is 4.90. The zero-order valence-corrected chi connectivity index (χ0v) is 17.5. The van der Waals surface area contributed by atoms with Gasteiger partial charge in [0.05, 0.1) is 6.42 Å². The number of benzene rings is 3. The maximum Gasteiger partial charge on any atom is 0.236 e. The third-order valence-corrected chi connectivity index (χ3v) is 6.97. The summed E-state index contributed by atoms with van der Waals surface area (Å²) in [7, 11) is -3.50. The van der Waals surface area contributed by atoms with Gasteiger partial charge >= 0.3 is 0 Å². The molecule has 6 heteroatoms. The molecule has 0 aliphatic carbocycles. The van der Waals surface area contributed by atoms with Crippen molar-refractivity contribution in [2.75, 3.05) is 26.2 Å². The summed E-state index contributed by atoms with van der Waals surface area (Å²) in [5.41, 5.74) is 1.84. The van der Waals surface area contributed by atoms with Crippen molar-refractivity contribution in [2.24, 2.45) is 0 Å². The predicted molar refractivity (Wildman–Crippen MR) is 120 cm³/mol. The first-order chi connectivity index (χ1) is 14.5. The van der Waals surface area contributed by atoms with Crippen molar-refractivity contribution in [1.29, 1.82) is 0 Å². The molecule has 1 saturated heterocycles. The van der Waals surface area contributed by atoms with Gasteiger partial charge in [-0.25, -0.2) is 8.42 Å². The molecule has 3 aromatic carbocycles. The Morgan fingerprint density at radius 3 is 2.27 bits per heavy atom. The summed E-state index contributed by atoms with van der Waals surface area (Å²) in [6.45, 7) is 1.43. The first-order valence-corrected chi connectivity index (χ1v) is 11.5. The lowest BCUT2D eigenvalue weighted by Gasteiger charge is -2.33. The molecule has 4 rings (SSSR count). The Hall–Kier alpha value is -2.96. The number of hydrogen-bond donors (Lipinski definition) is 0. The topological polar surface area (TPSA) is 57.7 Å². The molecular formula is C24H24N2O3S. The highest BCUT2D eigenvalue weighted by Gasteiger charge is 2.27. The summed E-state index contributed by atoms with van der Waals surface area (Å²) in [6, 6.07) is 23.4. The largest absolute Gasteiger partial charge is 0.340 e. The van der Waals surface area contributed by atoms with E-state index in [1.807, 2.05) is 72.8 Å². The second-order valence-corrected chi connectivity index (χ2v) is 9.17. The molecule has 0 saturated carbocycles. The van der Waals surface area contributed by atoms with Crippen molar-refractivity contribution in [3.8, 4) is 0 Å². The Kier molecular flexibility index (Phi) is 5.97. The van der Waals surface area contributed by atoms with Crippen LogP contribution >= 0.6 is 0 Å². The smallest absolute Gasteiger partial charge is 0.236 e. The van der Waals surface area contributed by atoms with E-state index in [0.717, 1.165) is 21.9 Å². The number of piperazine rings is 1. The molecule has 0 bridgehead atoms. The van der Waals surface area contributed by atoms with Crippen molar-refractivity contribution < 1.29 is 13.2 Å². The molecule has 154 valence electrons. The third-order valence-electron chi connectivity index (χ3n) is 5.40. The lowest BCUT2D eigenvalue weighted by molar-refractivity contribution is -0.131. The number of carbonyl (C=O) groups excluding carboxylic acids is 1. The second-order valence-electron chi connectivity index (χ2n) is 7.35. The van der Waals surface area contributed by atoms with Gasteiger partial charge in [-0.1, -0.05) is 72.8 Å². The van der Waals surface area contributed by atoms with Crippen molar-refractivity contribution in [1.82, 2.24) is 9.21 Å². The fraction of sp³-hybridized carbons (Fsp3) is 0.208. The van der Waals surface area contributed by atoms with Crippen LogP contribution in [0.15, 0.2) is 78.2 Å². The lowest BCUT2D eigenvalue weighted by atomic mass is 10.0. The molecular weight excluding hydrogens is 396 g/mol. The summed E-state index contributed by atoms with van der Waals surface area (Å²) in [6.07, 6.45) is 1.93. The summed E-state index contributed by atoms with van der Waals surface area (Å²) >= 11 is 0. The third kappa shape index (κ3) is 4.61. The Morgan fingerprint density at radius 1 is 0.833 bits per heavy atom.